The van der Waals surface area contributed by atoms with Crippen LogP contribution in [-0.2, 0) is 4.79 Å². The Bertz CT molecular complexity index is 468. The zero-order valence-electron chi connectivity index (χ0n) is 14.0. The van der Waals surface area contributed by atoms with E-state index in [9.17, 15) is 4.79 Å². The van der Waals surface area contributed by atoms with E-state index < -0.39 is 0 Å². The summed E-state index contributed by atoms with van der Waals surface area (Å²) in [5.74, 6) is -0.0390. The summed E-state index contributed by atoms with van der Waals surface area (Å²) in [6.45, 7) is 7.39. The van der Waals surface area contributed by atoms with Crippen LogP contribution in [0.2, 0.25) is 0 Å². The summed E-state index contributed by atoms with van der Waals surface area (Å²) in [5.41, 5.74) is 7.32. The molecule has 4 nitrogen and oxygen atoms in total. The van der Waals surface area contributed by atoms with Crippen LogP contribution in [-0.4, -0.2) is 48.4 Å². The van der Waals surface area contributed by atoms with E-state index in [0.717, 1.165) is 38.0 Å². The highest BCUT2D eigenvalue weighted by atomic mass is 16.2. The molecule has 0 radical (unpaired) electrons. The largest absolute Gasteiger partial charge is 0.342 e. The fourth-order valence-electron chi connectivity index (χ4n) is 3.24. The molecule has 1 aromatic rings. The normalized spacial score (nSPS) is 19.6. The number of carbonyl (C=O) groups excluding carboxylic acids is 1. The molecule has 1 saturated heterocycles. The van der Waals surface area contributed by atoms with Crippen molar-refractivity contribution in [1.29, 1.82) is 0 Å². The zero-order chi connectivity index (χ0) is 16.1. The average molecular weight is 303 g/mol. The maximum atomic E-state index is 12.7. The van der Waals surface area contributed by atoms with E-state index in [1.807, 2.05) is 49.2 Å². The summed E-state index contributed by atoms with van der Waals surface area (Å²) in [6, 6.07) is 10.00. The van der Waals surface area contributed by atoms with Gasteiger partial charge in [0.25, 0.3) is 0 Å². The van der Waals surface area contributed by atoms with Crippen molar-refractivity contribution in [3.05, 3.63) is 35.9 Å². The lowest BCUT2D eigenvalue weighted by molar-refractivity contribution is -0.137. The van der Waals surface area contributed by atoms with E-state index in [4.69, 9.17) is 5.73 Å². The molecule has 1 fully saturated rings. The molecular formula is C18H29N3O. The van der Waals surface area contributed by atoms with Crippen LogP contribution < -0.4 is 5.73 Å². The maximum absolute atomic E-state index is 12.7. The summed E-state index contributed by atoms with van der Waals surface area (Å²) in [6.07, 6.45) is 2.12. The van der Waals surface area contributed by atoms with Crippen LogP contribution in [0.4, 0.5) is 0 Å². The Morgan fingerprint density at radius 2 is 1.91 bits per heavy atom. The molecular weight excluding hydrogens is 274 g/mol. The molecule has 1 amide bonds. The first-order valence-electron chi connectivity index (χ1n) is 8.34. The summed E-state index contributed by atoms with van der Waals surface area (Å²) in [5, 5.41) is 0. The lowest BCUT2D eigenvalue weighted by atomic mass is 9.93. The highest BCUT2D eigenvalue weighted by Gasteiger charge is 2.30. The van der Waals surface area contributed by atoms with Gasteiger partial charge in [-0.05, 0) is 24.9 Å². The first kappa shape index (κ1) is 17.0. The first-order chi connectivity index (χ1) is 10.5. The van der Waals surface area contributed by atoms with Crippen molar-refractivity contribution in [1.82, 2.24) is 9.80 Å². The van der Waals surface area contributed by atoms with Crippen molar-refractivity contribution in [3.8, 4) is 0 Å². The van der Waals surface area contributed by atoms with Gasteiger partial charge in [-0.15, -0.1) is 0 Å². The molecule has 122 valence electrons. The van der Waals surface area contributed by atoms with Crippen molar-refractivity contribution in [2.24, 2.45) is 11.7 Å². The topological polar surface area (TPSA) is 49.6 Å². The van der Waals surface area contributed by atoms with Gasteiger partial charge in [0.1, 0.15) is 0 Å². The van der Waals surface area contributed by atoms with Crippen molar-refractivity contribution >= 4 is 5.91 Å². The number of piperidine rings is 1. The minimum absolute atomic E-state index is 0.159. The number of hydrogen-bond acceptors (Lipinski definition) is 3. The number of hydrogen-bond donors (Lipinski definition) is 1. The Kier molecular flexibility index (Phi) is 5.98. The molecule has 0 aromatic heterocycles. The van der Waals surface area contributed by atoms with Crippen LogP contribution in [0, 0.1) is 5.92 Å². The van der Waals surface area contributed by atoms with Crippen molar-refractivity contribution in [2.75, 3.05) is 26.7 Å². The van der Waals surface area contributed by atoms with Crippen LogP contribution in [0.3, 0.4) is 0 Å². The number of benzene rings is 1. The van der Waals surface area contributed by atoms with Gasteiger partial charge >= 0.3 is 0 Å². The number of nitrogens with two attached hydrogens (primary N) is 1. The molecule has 0 bridgehead atoms. The molecule has 1 aliphatic heterocycles. The van der Waals surface area contributed by atoms with Crippen molar-refractivity contribution in [2.45, 2.75) is 38.8 Å². The standard InChI is InChI=1S/C18H29N3O/c1-4-21-12-10-16(11-13-21)20(3)18(22)14(2)17(19)15-8-6-5-7-9-15/h5-9,14,16-17H,4,10-13,19H2,1-3H3. The molecule has 1 heterocycles. The van der Waals surface area contributed by atoms with Crippen LogP contribution >= 0.6 is 0 Å². The molecule has 1 aliphatic rings. The summed E-state index contributed by atoms with van der Waals surface area (Å²) in [4.78, 5) is 17.1. The highest BCUT2D eigenvalue weighted by Crippen LogP contribution is 2.23. The van der Waals surface area contributed by atoms with E-state index in [1.165, 1.54) is 0 Å². The number of likely N-dealkylation sites (tertiary alicyclic amines) is 1. The Balaban J connectivity index is 1.95. The number of rotatable bonds is 5. The van der Waals surface area contributed by atoms with Gasteiger partial charge in [-0.25, -0.2) is 0 Å². The molecule has 2 atom stereocenters. The Morgan fingerprint density at radius 3 is 2.45 bits per heavy atom. The fourth-order valence-corrected chi connectivity index (χ4v) is 3.24. The monoisotopic (exact) mass is 303 g/mol. The quantitative estimate of drug-likeness (QED) is 0.908. The molecule has 0 aliphatic carbocycles. The number of amides is 1. The fraction of sp³-hybridized carbons (Fsp3) is 0.611. The third-order valence-electron chi connectivity index (χ3n) is 5.01. The van der Waals surface area contributed by atoms with Gasteiger partial charge in [0.15, 0.2) is 0 Å². The Morgan fingerprint density at radius 1 is 1.32 bits per heavy atom. The van der Waals surface area contributed by atoms with Gasteiger partial charge < -0.3 is 15.5 Å². The number of nitrogens with zero attached hydrogens (tertiary/aromatic N) is 2. The second-order valence-electron chi connectivity index (χ2n) is 6.34. The summed E-state index contributed by atoms with van der Waals surface area (Å²) < 4.78 is 0. The second-order valence-corrected chi connectivity index (χ2v) is 6.34. The van der Waals surface area contributed by atoms with Crippen LogP contribution in [0.25, 0.3) is 0 Å². The van der Waals surface area contributed by atoms with Gasteiger partial charge in [0.05, 0.1) is 5.92 Å². The van der Waals surface area contributed by atoms with Crippen molar-refractivity contribution in [3.63, 3.8) is 0 Å². The van der Waals surface area contributed by atoms with Crippen LogP contribution in [0.5, 0.6) is 0 Å². The minimum Gasteiger partial charge on any atom is -0.342 e. The zero-order valence-corrected chi connectivity index (χ0v) is 14.0. The van der Waals surface area contributed by atoms with Crippen LogP contribution in [0.1, 0.15) is 38.3 Å². The number of carbonyl (C=O) groups is 1. The molecule has 2 N–H and O–H groups in total. The molecule has 2 rings (SSSR count). The van der Waals surface area contributed by atoms with E-state index in [0.29, 0.717) is 6.04 Å². The summed E-state index contributed by atoms with van der Waals surface area (Å²) in [7, 11) is 1.93. The molecule has 22 heavy (non-hydrogen) atoms. The Hall–Kier alpha value is -1.39. The first-order valence-corrected chi connectivity index (χ1v) is 8.34. The van der Waals surface area contributed by atoms with E-state index >= 15 is 0 Å². The third-order valence-corrected chi connectivity index (χ3v) is 5.01. The molecule has 0 spiro atoms. The lowest BCUT2D eigenvalue weighted by Gasteiger charge is -2.38. The van der Waals surface area contributed by atoms with Gasteiger partial charge in [-0.2, -0.15) is 0 Å². The Labute approximate surface area is 134 Å². The van der Waals surface area contributed by atoms with Gasteiger partial charge in [0.2, 0.25) is 5.91 Å². The predicted octanol–water partition coefficient (Wildman–Crippen LogP) is 2.27. The van der Waals surface area contributed by atoms with Gasteiger partial charge in [-0.1, -0.05) is 44.2 Å². The van der Waals surface area contributed by atoms with Gasteiger partial charge in [-0.3, -0.25) is 4.79 Å². The van der Waals surface area contributed by atoms with E-state index in [1.54, 1.807) is 0 Å². The van der Waals surface area contributed by atoms with Gasteiger partial charge in [0, 0.05) is 32.2 Å². The third kappa shape index (κ3) is 3.87. The van der Waals surface area contributed by atoms with Crippen molar-refractivity contribution < 1.29 is 4.79 Å². The average Bonchev–Trinajstić information content (AvgIpc) is 2.60. The predicted molar refractivity (Wildman–Crippen MR) is 90.4 cm³/mol. The summed E-state index contributed by atoms with van der Waals surface area (Å²) >= 11 is 0. The molecule has 2 unspecified atom stereocenters. The SMILES string of the molecule is CCN1CCC(N(C)C(=O)C(C)C(N)c2ccccc2)CC1. The minimum atomic E-state index is -0.244. The lowest BCUT2D eigenvalue weighted by Crippen LogP contribution is -2.48. The smallest absolute Gasteiger partial charge is 0.227 e. The second kappa shape index (κ2) is 7.75. The van der Waals surface area contributed by atoms with E-state index in [-0.39, 0.29) is 17.9 Å². The van der Waals surface area contributed by atoms with E-state index in [2.05, 4.69) is 11.8 Å². The molecule has 4 heteroatoms. The molecule has 0 saturated carbocycles. The highest BCUT2D eigenvalue weighted by molar-refractivity contribution is 5.79. The molecule has 1 aromatic carbocycles. The maximum Gasteiger partial charge on any atom is 0.227 e. The van der Waals surface area contributed by atoms with Crippen LogP contribution in [0.15, 0.2) is 30.3 Å².